The Balaban J connectivity index is 2.37. The third-order valence-electron chi connectivity index (χ3n) is 3.81. The van der Waals surface area contributed by atoms with Gasteiger partial charge in [-0.3, -0.25) is 0 Å². The lowest BCUT2D eigenvalue weighted by Crippen LogP contribution is -2.18. The molecule has 0 amide bonds. The number of hydrogen-bond donors (Lipinski definition) is 1. The molecule has 0 aliphatic rings. The van der Waals surface area contributed by atoms with Gasteiger partial charge < -0.3 is 5.32 Å². The molecular weight excluding hydrogens is 254 g/mol. The zero-order chi connectivity index (χ0) is 14.3. The van der Waals surface area contributed by atoms with Gasteiger partial charge in [0.05, 0.1) is 0 Å². The highest BCUT2D eigenvalue weighted by molar-refractivity contribution is 6.31. The Hall–Kier alpha value is -0.530. The number of nitrogens with one attached hydrogen (secondary N) is 1. The Kier molecular flexibility index (Phi) is 7.48. The molecule has 1 nitrogen and oxygen atoms in total. The van der Waals surface area contributed by atoms with Crippen molar-refractivity contribution in [1.82, 2.24) is 5.32 Å². The van der Waals surface area contributed by atoms with Crippen LogP contribution in [0.4, 0.5) is 0 Å². The molecule has 1 aromatic carbocycles. The van der Waals surface area contributed by atoms with E-state index in [-0.39, 0.29) is 0 Å². The summed E-state index contributed by atoms with van der Waals surface area (Å²) < 4.78 is 0. The molecule has 1 unspecified atom stereocenters. The normalized spacial score (nSPS) is 12.7. The van der Waals surface area contributed by atoms with E-state index in [2.05, 4.69) is 45.1 Å². The molecule has 1 rings (SSSR count). The molecule has 0 radical (unpaired) electrons. The van der Waals surface area contributed by atoms with Gasteiger partial charge >= 0.3 is 0 Å². The average Bonchev–Trinajstić information content (AvgIpc) is 2.37. The molecule has 0 heterocycles. The molecule has 0 aliphatic carbocycles. The van der Waals surface area contributed by atoms with E-state index in [0.29, 0.717) is 0 Å². The summed E-state index contributed by atoms with van der Waals surface area (Å²) in [7, 11) is 0. The van der Waals surface area contributed by atoms with Crippen LogP contribution in [0.25, 0.3) is 0 Å². The van der Waals surface area contributed by atoms with Crippen LogP contribution in [0.2, 0.25) is 5.02 Å². The highest BCUT2D eigenvalue weighted by Gasteiger charge is 2.07. The van der Waals surface area contributed by atoms with Crippen LogP contribution in [-0.4, -0.2) is 13.1 Å². The smallest absolute Gasteiger partial charge is 0.0440 e. The predicted molar refractivity (Wildman–Crippen MR) is 86.2 cm³/mol. The fraction of sp³-hybridized carbons (Fsp3) is 0.647. The summed E-state index contributed by atoms with van der Waals surface area (Å²) in [6, 6.07) is 4.35. The predicted octanol–water partition coefficient (Wildman–Crippen LogP) is 4.92. The SMILES string of the molecule is CCCNCCC(C)CCc1cc(C)c(C)cc1Cl. The van der Waals surface area contributed by atoms with E-state index in [0.717, 1.165) is 30.5 Å². The molecule has 1 atom stereocenters. The summed E-state index contributed by atoms with van der Waals surface area (Å²) in [4.78, 5) is 0. The van der Waals surface area contributed by atoms with Gasteiger partial charge in [0.2, 0.25) is 0 Å². The van der Waals surface area contributed by atoms with Crippen LogP contribution in [-0.2, 0) is 6.42 Å². The second-order valence-electron chi connectivity index (χ2n) is 5.71. The van der Waals surface area contributed by atoms with Crippen LogP contribution in [0.3, 0.4) is 0 Å². The van der Waals surface area contributed by atoms with E-state index >= 15 is 0 Å². The summed E-state index contributed by atoms with van der Waals surface area (Å²) in [5.41, 5.74) is 3.93. The molecule has 108 valence electrons. The fourth-order valence-electron chi connectivity index (χ4n) is 2.23. The molecule has 1 aromatic rings. The van der Waals surface area contributed by atoms with Gasteiger partial charge in [-0.15, -0.1) is 0 Å². The van der Waals surface area contributed by atoms with Gasteiger partial charge in [0.1, 0.15) is 0 Å². The van der Waals surface area contributed by atoms with E-state index in [1.165, 1.54) is 36.0 Å². The van der Waals surface area contributed by atoms with Crippen molar-refractivity contribution in [1.29, 1.82) is 0 Å². The lowest BCUT2D eigenvalue weighted by atomic mass is 9.96. The zero-order valence-electron chi connectivity index (χ0n) is 12.9. The first-order chi connectivity index (χ1) is 9.04. The van der Waals surface area contributed by atoms with Crippen molar-refractivity contribution in [3.05, 3.63) is 33.8 Å². The third kappa shape index (κ3) is 5.97. The molecule has 1 N–H and O–H groups in total. The number of aryl methyl sites for hydroxylation is 3. The van der Waals surface area contributed by atoms with Crippen molar-refractivity contribution in [2.24, 2.45) is 5.92 Å². The Morgan fingerprint density at radius 1 is 1.11 bits per heavy atom. The Morgan fingerprint density at radius 3 is 2.47 bits per heavy atom. The van der Waals surface area contributed by atoms with Crippen molar-refractivity contribution in [3.63, 3.8) is 0 Å². The number of benzene rings is 1. The highest BCUT2D eigenvalue weighted by atomic mass is 35.5. The standard InChI is InChI=1S/C17H28ClN/c1-5-9-19-10-8-13(2)6-7-16-11-14(3)15(4)12-17(16)18/h11-13,19H,5-10H2,1-4H3. The summed E-state index contributed by atoms with van der Waals surface area (Å²) in [6.45, 7) is 11.1. The van der Waals surface area contributed by atoms with Crippen LogP contribution in [0.15, 0.2) is 12.1 Å². The minimum Gasteiger partial charge on any atom is -0.317 e. The zero-order valence-corrected chi connectivity index (χ0v) is 13.6. The maximum atomic E-state index is 6.32. The molecule has 19 heavy (non-hydrogen) atoms. The second-order valence-corrected chi connectivity index (χ2v) is 6.12. The minimum atomic E-state index is 0.752. The summed E-state index contributed by atoms with van der Waals surface area (Å²) in [5.74, 6) is 0.752. The summed E-state index contributed by atoms with van der Waals surface area (Å²) >= 11 is 6.32. The first-order valence-corrected chi connectivity index (χ1v) is 7.88. The first-order valence-electron chi connectivity index (χ1n) is 7.51. The van der Waals surface area contributed by atoms with Crippen LogP contribution < -0.4 is 5.32 Å². The van der Waals surface area contributed by atoms with E-state index < -0.39 is 0 Å². The van der Waals surface area contributed by atoms with Crippen LogP contribution >= 0.6 is 11.6 Å². The summed E-state index contributed by atoms with van der Waals surface area (Å²) in [6.07, 6.45) is 4.78. The molecule has 0 aliphatic heterocycles. The average molecular weight is 282 g/mol. The Bertz CT molecular complexity index is 387. The van der Waals surface area contributed by atoms with Gasteiger partial charge in [-0.2, -0.15) is 0 Å². The van der Waals surface area contributed by atoms with E-state index in [1.54, 1.807) is 0 Å². The minimum absolute atomic E-state index is 0.752. The van der Waals surface area contributed by atoms with Crippen LogP contribution in [0.5, 0.6) is 0 Å². The molecule has 0 saturated carbocycles. The van der Waals surface area contributed by atoms with Crippen LogP contribution in [0.1, 0.15) is 49.8 Å². The number of hydrogen-bond acceptors (Lipinski definition) is 1. The third-order valence-corrected chi connectivity index (χ3v) is 4.16. The van der Waals surface area contributed by atoms with Crippen molar-refractivity contribution in [2.45, 2.75) is 53.4 Å². The van der Waals surface area contributed by atoms with E-state index in [1.807, 2.05) is 0 Å². The van der Waals surface area contributed by atoms with E-state index in [9.17, 15) is 0 Å². The van der Waals surface area contributed by atoms with Gasteiger partial charge in [-0.05, 0) is 81.3 Å². The van der Waals surface area contributed by atoms with Gasteiger partial charge in [-0.1, -0.05) is 31.5 Å². The molecule has 0 fully saturated rings. The molecule has 0 saturated heterocycles. The molecule has 0 bridgehead atoms. The van der Waals surface area contributed by atoms with Crippen molar-refractivity contribution in [3.8, 4) is 0 Å². The van der Waals surface area contributed by atoms with Gasteiger partial charge in [-0.25, -0.2) is 0 Å². The molecular formula is C17H28ClN. The quantitative estimate of drug-likeness (QED) is 0.667. The Morgan fingerprint density at radius 2 is 1.79 bits per heavy atom. The highest BCUT2D eigenvalue weighted by Crippen LogP contribution is 2.23. The van der Waals surface area contributed by atoms with Gasteiger partial charge in [0, 0.05) is 5.02 Å². The van der Waals surface area contributed by atoms with Crippen molar-refractivity contribution in [2.75, 3.05) is 13.1 Å². The van der Waals surface area contributed by atoms with Gasteiger partial charge in [0.25, 0.3) is 0 Å². The maximum absolute atomic E-state index is 6.32. The molecule has 2 heteroatoms. The fourth-order valence-corrected chi connectivity index (χ4v) is 2.54. The number of halogens is 1. The number of rotatable bonds is 8. The summed E-state index contributed by atoms with van der Waals surface area (Å²) in [5, 5.41) is 4.40. The monoisotopic (exact) mass is 281 g/mol. The lowest BCUT2D eigenvalue weighted by Gasteiger charge is -2.13. The Labute approximate surface area is 123 Å². The maximum Gasteiger partial charge on any atom is 0.0440 e. The molecule has 0 aromatic heterocycles. The topological polar surface area (TPSA) is 12.0 Å². The van der Waals surface area contributed by atoms with Crippen molar-refractivity contribution >= 4 is 11.6 Å². The lowest BCUT2D eigenvalue weighted by molar-refractivity contribution is 0.470. The van der Waals surface area contributed by atoms with Crippen molar-refractivity contribution < 1.29 is 0 Å². The van der Waals surface area contributed by atoms with E-state index in [4.69, 9.17) is 11.6 Å². The van der Waals surface area contributed by atoms with Gasteiger partial charge in [0.15, 0.2) is 0 Å². The second kappa shape index (κ2) is 8.60. The molecule has 0 spiro atoms. The largest absolute Gasteiger partial charge is 0.317 e. The first kappa shape index (κ1) is 16.5. The van der Waals surface area contributed by atoms with Crippen LogP contribution in [0, 0.1) is 19.8 Å².